The number of hydrogen-bond acceptors (Lipinski definition) is 4. The van der Waals surface area contributed by atoms with Crippen LogP contribution in [0.4, 0.5) is 11.4 Å². The van der Waals surface area contributed by atoms with Gasteiger partial charge in [-0.15, -0.1) is 0 Å². The fourth-order valence-electron chi connectivity index (χ4n) is 3.31. The fourth-order valence-corrected chi connectivity index (χ4v) is 3.44. The number of halogens is 1. The monoisotopic (exact) mass is 432 g/mol. The van der Waals surface area contributed by atoms with Crippen LogP contribution in [-0.4, -0.2) is 5.91 Å². The van der Waals surface area contributed by atoms with Crippen LogP contribution in [0.2, 0.25) is 5.02 Å². The third-order valence-electron chi connectivity index (χ3n) is 5.03. The lowest BCUT2D eigenvalue weighted by Gasteiger charge is -2.11. The van der Waals surface area contributed by atoms with Gasteiger partial charge in [-0.3, -0.25) is 4.79 Å². The highest BCUT2D eigenvalue weighted by Crippen LogP contribution is 2.21. The van der Waals surface area contributed by atoms with Crippen LogP contribution in [0.5, 0.6) is 0 Å². The molecule has 1 amide bonds. The molecule has 0 bridgehead atoms. The minimum Gasteiger partial charge on any atom is -0.423 e. The van der Waals surface area contributed by atoms with Gasteiger partial charge in [-0.05, 0) is 72.1 Å². The smallest absolute Gasteiger partial charge is 0.336 e. The SMILES string of the molecule is CCc1ccc2c(CNc3ccc(NC(=O)c4ccc(Cl)cc4)cc3)cc(=O)oc2c1. The Morgan fingerprint density at radius 2 is 1.65 bits per heavy atom. The quantitative estimate of drug-likeness (QED) is 0.373. The van der Waals surface area contributed by atoms with Crippen LogP contribution < -0.4 is 16.3 Å². The average molecular weight is 433 g/mol. The van der Waals surface area contributed by atoms with Gasteiger partial charge in [-0.2, -0.15) is 0 Å². The first-order valence-corrected chi connectivity index (χ1v) is 10.4. The van der Waals surface area contributed by atoms with Gasteiger partial charge in [0.2, 0.25) is 0 Å². The molecule has 0 saturated carbocycles. The third kappa shape index (κ3) is 4.95. The summed E-state index contributed by atoms with van der Waals surface area (Å²) in [6.45, 7) is 2.54. The van der Waals surface area contributed by atoms with Crippen molar-refractivity contribution in [3.8, 4) is 0 Å². The molecule has 3 aromatic carbocycles. The number of anilines is 2. The first-order valence-electron chi connectivity index (χ1n) is 9.98. The zero-order valence-corrected chi connectivity index (χ0v) is 17.7. The van der Waals surface area contributed by atoms with Gasteiger partial charge in [0, 0.05) is 40.0 Å². The Hall–Kier alpha value is -3.57. The highest BCUT2D eigenvalue weighted by molar-refractivity contribution is 6.30. The topological polar surface area (TPSA) is 71.3 Å². The van der Waals surface area contributed by atoms with E-state index < -0.39 is 0 Å². The van der Waals surface area contributed by atoms with Crippen LogP contribution in [0, 0.1) is 0 Å². The summed E-state index contributed by atoms with van der Waals surface area (Å²) in [5, 5.41) is 7.68. The summed E-state index contributed by atoms with van der Waals surface area (Å²) >= 11 is 5.86. The predicted molar refractivity (Wildman–Crippen MR) is 125 cm³/mol. The predicted octanol–water partition coefficient (Wildman–Crippen LogP) is 5.87. The van der Waals surface area contributed by atoms with E-state index in [1.807, 2.05) is 42.5 Å². The normalized spacial score (nSPS) is 10.8. The Balaban J connectivity index is 1.44. The Kier molecular flexibility index (Phi) is 6.05. The van der Waals surface area contributed by atoms with Crippen molar-refractivity contribution in [1.82, 2.24) is 0 Å². The van der Waals surface area contributed by atoms with Crippen LogP contribution in [-0.2, 0) is 13.0 Å². The molecule has 0 atom stereocenters. The summed E-state index contributed by atoms with van der Waals surface area (Å²) in [7, 11) is 0. The highest BCUT2D eigenvalue weighted by Gasteiger charge is 2.08. The minimum absolute atomic E-state index is 0.202. The van der Waals surface area contributed by atoms with Gasteiger partial charge in [0.25, 0.3) is 5.91 Å². The van der Waals surface area contributed by atoms with E-state index in [9.17, 15) is 9.59 Å². The van der Waals surface area contributed by atoms with E-state index in [0.29, 0.717) is 28.4 Å². The highest BCUT2D eigenvalue weighted by atomic mass is 35.5. The number of fused-ring (bicyclic) bond motifs is 1. The van der Waals surface area contributed by atoms with E-state index in [-0.39, 0.29) is 11.5 Å². The summed E-state index contributed by atoms with van der Waals surface area (Å²) in [5.41, 5.74) is 4.32. The zero-order chi connectivity index (χ0) is 21.8. The van der Waals surface area contributed by atoms with Gasteiger partial charge >= 0.3 is 5.63 Å². The maximum Gasteiger partial charge on any atom is 0.336 e. The Morgan fingerprint density at radius 3 is 2.35 bits per heavy atom. The molecule has 0 spiro atoms. The van der Waals surface area contributed by atoms with E-state index in [1.165, 1.54) is 6.07 Å². The van der Waals surface area contributed by atoms with Gasteiger partial charge in [0.15, 0.2) is 0 Å². The molecular formula is C25H21ClN2O3. The first-order chi connectivity index (χ1) is 15.0. The number of carbonyl (C=O) groups is 1. The van der Waals surface area contributed by atoms with Crippen LogP contribution in [0.1, 0.15) is 28.4 Å². The lowest BCUT2D eigenvalue weighted by molar-refractivity contribution is 0.102. The Morgan fingerprint density at radius 1 is 0.935 bits per heavy atom. The second kappa shape index (κ2) is 9.06. The number of aryl methyl sites for hydroxylation is 1. The number of carbonyl (C=O) groups excluding carboxylic acids is 1. The van der Waals surface area contributed by atoms with E-state index in [0.717, 1.165) is 28.6 Å². The molecule has 31 heavy (non-hydrogen) atoms. The van der Waals surface area contributed by atoms with Gasteiger partial charge in [-0.25, -0.2) is 4.79 Å². The van der Waals surface area contributed by atoms with Gasteiger partial charge in [0.05, 0.1) is 0 Å². The number of hydrogen-bond donors (Lipinski definition) is 2. The molecule has 4 aromatic rings. The van der Waals surface area contributed by atoms with Crippen molar-refractivity contribution in [3.05, 3.63) is 105 Å². The fraction of sp³-hybridized carbons (Fsp3) is 0.120. The lowest BCUT2D eigenvalue weighted by atomic mass is 10.1. The van der Waals surface area contributed by atoms with Gasteiger partial charge in [0.1, 0.15) is 5.58 Å². The van der Waals surface area contributed by atoms with Crippen molar-refractivity contribution in [2.45, 2.75) is 19.9 Å². The molecule has 0 unspecified atom stereocenters. The molecule has 0 radical (unpaired) electrons. The van der Waals surface area contributed by atoms with E-state index in [4.69, 9.17) is 16.0 Å². The van der Waals surface area contributed by atoms with Gasteiger partial charge in [-0.1, -0.05) is 30.7 Å². The molecular weight excluding hydrogens is 412 g/mol. The van der Waals surface area contributed by atoms with Crippen molar-refractivity contribution >= 4 is 39.9 Å². The Labute approximate surface area is 184 Å². The van der Waals surface area contributed by atoms with Crippen molar-refractivity contribution in [1.29, 1.82) is 0 Å². The molecule has 5 nitrogen and oxygen atoms in total. The van der Waals surface area contributed by atoms with Crippen molar-refractivity contribution in [2.75, 3.05) is 10.6 Å². The molecule has 1 heterocycles. The standard InChI is InChI=1S/C25H21ClN2O3/c1-2-16-3-12-22-18(14-24(29)31-23(22)13-16)15-27-20-8-10-21(11-9-20)28-25(30)17-4-6-19(26)7-5-17/h3-14,27H,2,15H2,1H3,(H,28,30). The maximum atomic E-state index is 12.3. The minimum atomic E-state index is -0.363. The number of amides is 1. The van der Waals surface area contributed by atoms with Gasteiger partial charge < -0.3 is 15.1 Å². The average Bonchev–Trinajstić information content (AvgIpc) is 2.78. The molecule has 0 saturated heterocycles. The molecule has 156 valence electrons. The Bertz CT molecular complexity index is 1280. The lowest BCUT2D eigenvalue weighted by Crippen LogP contribution is -2.11. The number of rotatable bonds is 6. The van der Waals surface area contributed by atoms with E-state index in [2.05, 4.69) is 17.6 Å². The number of benzene rings is 3. The molecule has 6 heteroatoms. The molecule has 4 rings (SSSR count). The summed E-state index contributed by atoms with van der Waals surface area (Å²) in [4.78, 5) is 24.3. The van der Waals surface area contributed by atoms with Crippen LogP contribution in [0.25, 0.3) is 11.0 Å². The molecule has 0 fully saturated rings. The summed E-state index contributed by atoms with van der Waals surface area (Å²) in [6, 6.07) is 21.6. The van der Waals surface area contributed by atoms with Crippen molar-refractivity contribution in [3.63, 3.8) is 0 Å². The summed E-state index contributed by atoms with van der Waals surface area (Å²) in [6.07, 6.45) is 0.878. The van der Waals surface area contributed by atoms with Crippen molar-refractivity contribution in [2.24, 2.45) is 0 Å². The van der Waals surface area contributed by atoms with E-state index in [1.54, 1.807) is 24.3 Å². The summed E-state index contributed by atoms with van der Waals surface area (Å²) in [5.74, 6) is -0.202. The van der Waals surface area contributed by atoms with E-state index >= 15 is 0 Å². The molecule has 0 aliphatic carbocycles. The molecule has 0 aliphatic heterocycles. The maximum absolute atomic E-state index is 12.3. The van der Waals surface area contributed by atoms with Crippen LogP contribution >= 0.6 is 11.6 Å². The zero-order valence-electron chi connectivity index (χ0n) is 16.9. The van der Waals surface area contributed by atoms with Crippen molar-refractivity contribution < 1.29 is 9.21 Å². The second-order valence-electron chi connectivity index (χ2n) is 7.17. The largest absolute Gasteiger partial charge is 0.423 e. The molecule has 2 N–H and O–H groups in total. The van der Waals surface area contributed by atoms with Crippen LogP contribution in [0.3, 0.4) is 0 Å². The molecule has 1 aromatic heterocycles. The summed E-state index contributed by atoms with van der Waals surface area (Å²) < 4.78 is 5.36. The van der Waals surface area contributed by atoms with Crippen LogP contribution in [0.15, 0.2) is 82.0 Å². The number of nitrogens with one attached hydrogen (secondary N) is 2. The third-order valence-corrected chi connectivity index (χ3v) is 5.29. The molecule has 0 aliphatic rings. The second-order valence-corrected chi connectivity index (χ2v) is 7.60. The first kappa shape index (κ1) is 20.7.